The molecule has 1 heterocycles. The van der Waals surface area contributed by atoms with Crippen molar-refractivity contribution >= 4 is 16.0 Å². The summed E-state index contributed by atoms with van der Waals surface area (Å²) in [4.78, 5) is 12.6. The molecule has 0 unspecified atom stereocenters. The number of sulfonamides is 1. The van der Waals surface area contributed by atoms with Gasteiger partial charge in [0.05, 0.1) is 18.0 Å². The van der Waals surface area contributed by atoms with E-state index in [2.05, 4.69) is 0 Å². The molecular weight excluding hydrogens is 434 g/mol. The standard InChI is InChI=1S/C27H29NO4S/c1-20-13-15-24(16-14-20)33(30,31)28-19-25(21-9-5-3-6-10-21)23(18-27(29)32-2)17-26(28)22-11-7-4-8-12-22/h3-16,23,25-26H,17-19H2,1-2H3/t23-,25-,26-/m1/s1. The van der Waals surface area contributed by atoms with Gasteiger partial charge in [-0.2, -0.15) is 4.31 Å². The van der Waals surface area contributed by atoms with Crippen LogP contribution in [0, 0.1) is 12.8 Å². The summed E-state index contributed by atoms with van der Waals surface area (Å²) in [5, 5.41) is 0. The Kier molecular flexibility index (Phi) is 6.96. The molecule has 0 spiro atoms. The number of nitrogens with zero attached hydrogens (tertiary/aromatic N) is 1. The van der Waals surface area contributed by atoms with E-state index in [1.165, 1.54) is 7.11 Å². The van der Waals surface area contributed by atoms with Crippen LogP contribution in [0.4, 0.5) is 0 Å². The van der Waals surface area contributed by atoms with Gasteiger partial charge in [-0.05, 0) is 42.5 Å². The lowest BCUT2D eigenvalue weighted by molar-refractivity contribution is -0.142. The van der Waals surface area contributed by atoms with Gasteiger partial charge in [0, 0.05) is 18.9 Å². The largest absolute Gasteiger partial charge is 0.469 e. The molecule has 0 aliphatic carbocycles. The van der Waals surface area contributed by atoms with Crippen LogP contribution in [0.3, 0.4) is 0 Å². The number of ether oxygens (including phenoxy) is 1. The highest BCUT2D eigenvalue weighted by atomic mass is 32.2. The van der Waals surface area contributed by atoms with Gasteiger partial charge in [0.2, 0.25) is 10.0 Å². The van der Waals surface area contributed by atoms with Crippen LogP contribution < -0.4 is 0 Å². The molecule has 0 aromatic heterocycles. The van der Waals surface area contributed by atoms with Crippen molar-refractivity contribution in [2.24, 2.45) is 5.92 Å². The quantitative estimate of drug-likeness (QED) is 0.478. The Balaban J connectivity index is 1.80. The summed E-state index contributed by atoms with van der Waals surface area (Å²) in [6.45, 7) is 2.23. The Morgan fingerprint density at radius 2 is 1.48 bits per heavy atom. The molecule has 3 aromatic rings. The fourth-order valence-corrected chi connectivity index (χ4v) is 6.38. The number of rotatable bonds is 6. The molecular formula is C27H29NO4S. The zero-order valence-electron chi connectivity index (χ0n) is 18.9. The van der Waals surface area contributed by atoms with E-state index in [0.29, 0.717) is 13.0 Å². The minimum absolute atomic E-state index is 0.0467. The number of hydrogen-bond donors (Lipinski definition) is 0. The topological polar surface area (TPSA) is 63.7 Å². The first-order chi connectivity index (χ1) is 15.9. The molecule has 1 aliphatic rings. The van der Waals surface area contributed by atoms with Gasteiger partial charge in [0.15, 0.2) is 0 Å². The van der Waals surface area contributed by atoms with Crippen molar-refractivity contribution in [1.82, 2.24) is 4.31 Å². The lowest BCUT2D eigenvalue weighted by Crippen LogP contribution is -2.45. The van der Waals surface area contributed by atoms with Gasteiger partial charge in [-0.15, -0.1) is 0 Å². The Labute approximate surface area is 196 Å². The fourth-order valence-electron chi connectivity index (χ4n) is 4.73. The molecule has 172 valence electrons. The second kappa shape index (κ2) is 9.89. The highest BCUT2D eigenvalue weighted by molar-refractivity contribution is 7.89. The van der Waals surface area contributed by atoms with Gasteiger partial charge < -0.3 is 4.74 Å². The Morgan fingerprint density at radius 3 is 2.06 bits per heavy atom. The Morgan fingerprint density at radius 1 is 0.909 bits per heavy atom. The maximum Gasteiger partial charge on any atom is 0.305 e. The highest BCUT2D eigenvalue weighted by Crippen LogP contribution is 2.45. The average Bonchev–Trinajstić information content (AvgIpc) is 2.85. The predicted molar refractivity (Wildman–Crippen MR) is 128 cm³/mol. The molecule has 1 saturated heterocycles. The van der Waals surface area contributed by atoms with E-state index in [-0.39, 0.29) is 35.2 Å². The number of aryl methyl sites for hydroxylation is 1. The third kappa shape index (κ3) is 5.02. The van der Waals surface area contributed by atoms with E-state index in [1.54, 1.807) is 16.4 Å². The molecule has 6 heteroatoms. The molecule has 0 N–H and O–H groups in total. The zero-order chi connectivity index (χ0) is 23.4. The van der Waals surface area contributed by atoms with Crippen LogP contribution in [-0.4, -0.2) is 32.3 Å². The second-order valence-electron chi connectivity index (χ2n) is 8.61. The summed E-state index contributed by atoms with van der Waals surface area (Å²) >= 11 is 0. The van der Waals surface area contributed by atoms with Crippen molar-refractivity contribution in [3.05, 3.63) is 102 Å². The molecule has 3 atom stereocenters. The molecule has 5 nitrogen and oxygen atoms in total. The minimum atomic E-state index is -3.76. The van der Waals surface area contributed by atoms with E-state index in [0.717, 1.165) is 16.7 Å². The monoisotopic (exact) mass is 463 g/mol. The summed E-state index contributed by atoms with van der Waals surface area (Å²) in [7, 11) is -2.36. The molecule has 1 fully saturated rings. The smallest absolute Gasteiger partial charge is 0.305 e. The number of carbonyl (C=O) groups excluding carboxylic acids is 1. The molecule has 0 amide bonds. The van der Waals surface area contributed by atoms with E-state index in [1.807, 2.05) is 79.7 Å². The SMILES string of the molecule is COC(=O)C[C@H]1C[C@H](c2ccccc2)N(S(=O)(=O)c2ccc(C)cc2)C[C@@H]1c1ccccc1. The van der Waals surface area contributed by atoms with Gasteiger partial charge in [-0.1, -0.05) is 78.4 Å². The third-order valence-corrected chi connectivity index (χ3v) is 8.40. The Hall–Kier alpha value is -2.96. The average molecular weight is 464 g/mol. The molecule has 4 rings (SSSR count). The first kappa shape index (κ1) is 23.2. The Bertz CT molecular complexity index is 1180. The summed E-state index contributed by atoms with van der Waals surface area (Å²) in [5.41, 5.74) is 2.96. The van der Waals surface area contributed by atoms with Crippen LogP contribution in [0.2, 0.25) is 0 Å². The van der Waals surface area contributed by atoms with Gasteiger partial charge in [0.1, 0.15) is 0 Å². The number of piperidine rings is 1. The first-order valence-electron chi connectivity index (χ1n) is 11.2. The summed E-state index contributed by atoms with van der Waals surface area (Å²) < 4.78 is 34.4. The number of esters is 1. The number of hydrogen-bond acceptors (Lipinski definition) is 4. The zero-order valence-corrected chi connectivity index (χ0v) is 19.7. The van der Waals surface area contributed by atoms with E-state index in [4.69, 9.17) is 4.74 Å². The van der Waals surface area contributed by atoms with Crippen molar-refractivity contribution in [3.8, 4) is 0 Å². The van der Waals surface area contributed by atoms with Gasteiger partial charge in [-0.3, -0.25) is 4.79 Å². The summed E-state index contributed by atoms with van der Waals surface area (Å²) in [6.07, 6.45) is 0.779. The van der Waals surface area contributed by atoms with Gasteiger partial charge >= 0.3 is 5.97 Å². The number of benzene rings is 3. The third-order valence-electron chi connectivity index (χ3n) is 6.52. The molecule has 1 aliphatic heterocycles. The maximum absolute atomic E-state index is 13.9. The van der Waals surface area contributed by atoms with Crippen molar-refractivity contribution < 1.29 is 17.9 Å². The normalized spacial score (nSPS) is 21.5. The first-order valence-corrected chi connectivity index (χ1v) is 12.6. The van der Waals surface area contributed by atoms with Crippen molar-refractivity contribution in [2.45, 2.75) is 36.6 Å². The summed E-state index contributed by atoms with van der Waals surface area (Å²) in [6, 6.07) is 26.2. The number of carbonyl (C=O) groups is 1. The fraction of sp³-hybridized carbons (Fsp3) is 0.296. The molecule has 33 heavy (non-hydrogen) atoms. The van der Waals surface area contributed by atoms with Crippen molar-refractivity contribution in [3.63, 3.8) is 0 Å². The lowest BCUT2D eigenvalue weighted by Gasteiger charge is -2.43. The van der Waals surface area contributed by atoms with Crippen molar-refractivity contribution in [1.29, 1.82) is 0 Å². The van der Waals surface area contributed by atoms with Crippen LogP contribution in [0.5, 0.6) is 0 Å². The van der Waals surface area contributed by atoms with Crippen LogP contribution in [0.15, 0.2) is 89.8 Å². The molecule has 0 bridgehead atoms. The molecule has 3 aromatic carbocycles. The van der Waals surface area contributed by atoms with Crippen LogP contribution >= 0.6 is 0 Å². The summed E-state index contributed by atoms with van der Waals surface area (Å²) in [5.74, 6) is -0.442. The van der Waals surface area contributed by atoms with Gasteiger partial charge in [-0.25, -0.2) is 8.42 Å². The second-order valence-corrected chi connectivity index (χ2v) is 10.5. The molecule has 0 saturated carbocycles. The maximum atomic E-state index is 13.9. The number of methoxy groups -OCH3 is 1. The molecule has 0 radical (unpaired) electrons. The highest BCUT2D eigenvalue weighted by Gasteiger charge is 2.43. The van der Waals surface area contributed by atoms with Crippen molar-refractivity contribution in [2.75, 3.05) is 13.7 Å². The van der Waals surface area contributed by atoms with E-state index < -0.39 is 10.0 Å². The van der Waals surface area contributed by atoms with Crippen LogP contribution in [-0.2, 0) is 19.6 Å². The predicted octanol–water partition coefficient (Wildman–Crippen LogP) is 5.09. The van der Waals surface area contributed by atoms with Crippen LogP contribution in [0.25, 0.3) is 0 Å². The van der Waals surface area contributed by atoms with E-state index >= 15 is 0 Å². The van der Waals surface area contributed by atoms with E-state index in [9.17, 15) is 13.2 Å². The lowest BCUT2D eigenvalue weighted by atomic mass is 9.76. The van der Waals surface area contributed by atoms with Crippen LogP contribution in [0.1, 0.15) is 41.5 Å². The van der Waals surface area contributed by atoms with Gasteiger partial charge in [0.25, 0.3) is 0 Å². The minimum Gasteiger partial charge on any atom is -0.469 e.